The van der Waals surface area contributed by atoms with Gasteiger partial charge in [0.25, 0.3) is 0 Å². The lowest BCUT2D eigenvalue weighted by atomic mass is 9.81. The first-order valence-electron chi connectivity index (χ1n) is 8.92. The second-order valence-electron chi connectivity index (χ2n) is 7.63. The van der Waals surface area contributed by atoms with Crippen LogP contribution in [0.1, 0.15) is 39.5 Å². The number of carboxylic acid groups (broad SMARTS) is 1. The largest absolute Gasteiger partial charge is 0.480 e. The number of aliphatic carboxylic acids is 1. The molecule has 3 N–H and O–H groups in total. The van der Waals surface area contributed by atoms with Gasteiger partial charge in [-0.1, -0.05) is 11.6 Å². The monoisotopic (exact) mass is 369 g/mol. The lowest BCUT2D eigenvalue weighted by molar-refractivity contribution is -0.144. The van der Waals surface area contributed by atoms with Crippen LogP contribution in [0.25, 0.3) is 0 Å². The molecule has 2 aliphatic heterocycles. The summed E-state index contributed by atoms with van der Waals surface area (Å²) in [6, 6.07) is -0.900. The van der Waals surface area contributed by atoms with E-state index in [1.165, 1.54) is 17.3 Å². The highest BCUT2D eigenvalue weighted by atomic mass is 32.2. The van der Waals surface area contributed by atoms with E-state index in [1.54, 1.807) is 0 Å². The smallest absolute Gasteiger partial charge is 0.321 e. The van der Waals surface area contributed by atoms with Crippen molar-refractivity contribution < 1.29 is 24.2 Å². The molecule has 3 aliphatic rings. The van der Waals surface area contributed by atoms with Crippen LogP contribution in [-0.2, 0) is 19.1 Å². The summed E-state index contributed by atoms with van der Waals surface area (Å²) < 4.78 is 11.7. The quantitative estimate of drug-likeness (QED) is 0.434. The lowest BCUT2D eigenvalue weighted by Gasteiger charge is -2.22. The Kier molecular flexibility index (Phi) is 5.46. The van der Waals surface area contributed by atoms with Gasteiger partial charge >= 0.3 is 11.9 Å². The Hall–Kier alpha value is -1.05. The maximum atomic E-state index is 12.4. The van der Waals surface area contributed by atoms with Gasteiger partial charge in [-0.25, -0.2) is 0 Å². The van der Waals surface area contributed by atoms with Gasteiger partial charge in [-0.3, -0.25) is 9.59 Å². The zero-order valence-electron chi connectivity index (χ0n) is 14.8. The SMILES string of the molecule is C/C1=C/CCC2(C)OC2C2OC(=O)C(CSCC(N)C(=O)O)C2CC1. The minimum atomic E-state index is -1.01. The molecule has 2 heterocycles. The van der Waals surface area contributed by atoms with Crippen LogP contribution in [0.2, 0.25) is 0 Å². The van der Waals surface area contributed by atoms with Crippen molar-refractivity contribution in [2.75, 3.05) is 11.5 Å². The molecule has 0 amide bonds. The molecule has 2 fully saturated rings. The standard InChI is InChI=1S/C18H27NO5S/c1-10-4-3-7-18(2)15(24-18)14-11(6-5-10)12(17(22)23-14)8-25-9-13(19)16(20)21/h4,11-15H,3,5-9,19H2,1-2H3,(H,20,21)/b10-4-. The third-order valence-electron chi connectivity index (χ3n) is 5.65. The van der Waals surface area contributed by atoms with Crippen LogP contribution in [0.5, 0.6) is 0 Å². The van der Waals surface area contributed by atoms with Gasteiger partial charge in [0.1, 0.15) is 18.2 Å². The highest BCUT2D eigenvalue weighted by Crippen LogP contribution is 2.50. The Morgan fingerprint density at radius 2 is 2.32 bits per heavy atom. The average molecular weight is 369 g/mol. The summed E-state index contributed by atoms with van der Waals surface area (Å²) in [6.07, 6.45) is 5.88. The van der Waals surface area contributed by atoms with E-state index in [9.17, 15) is 9.59 Å². The van der Waals surface area contributed by atoms with Crippen molar-refractivity contribution >= 4 is 23.7 Å². The number of hydrogen-bond donors (Lipinski definition) is 2. The number of nitrogens with two attached hydrogens (primary N) is 1. The Bertz CT molecular complexity index is 580. The van der Waals surface area contributed by atoms with E-state index in [2.05, 4.69) is 19.9 Å². The first-order valence-corrected chi connectivity index (χ1v) is 10.1. The van der Waals surface area contributed by atoms with Crippen molar-refractivity contribution in [2.45, 2.75) is 63.4 Å². The van der Waals surface area contributed by atoms with Gasteiger partial charge in [-0.15, -0.1) is 0 Å². The molecule has 1 aliphatic carbocycles. The first-order chi connectivity index (χ1) is 11.8. The van der Waals surface area contributed by atoms with E-state index in [-0.39, 0.29) is 35.6 Å². The number of carbonyl (C=O) groups excluding carboxylic acids is 1. The van der Waals surface area contributed by atoms with Crippen LogP contribution >= 0.6 is 11.8 Å². The van der Waals surface area contributed by atoms with Crippen LogP contribution < -0.4 is 5.73 Å². The molecule has 6 unspecified atom stereocenters. The summed E-state index contributed by atoms with van der Waals surface area (Å²) in [4.78, 5) is 23.3. The van der Waals surface area contributed by atoms with Gasteiger partial charge < -0.3 is 20.3 Å². The normalized spacial score (nSPS) is 40.9. The van der Waals surface area contributed by atoms with E-state index < -0.39 is 12.0 Å². The van der Waals surface area contributed by atoms with Crippen LogP contribution in [0.4, 0.5) is 0 Å². The number of carbonyl (C=O) groups is 2. The van der Waals surface area contributed by atoms with Gasteiger partial charge in [0, 0.05) is 17.4 Å². The Labute approximate surface area is 152 Å². The van der Waals surface area contributed by atoms with Gasteiger partial charge in [-0.05, 0) is 39.5 Å². The molecule has 0 aromatic heterocycles. The lowest BCUT2D eigenvalue weighted by Crippen LogP contribution is -2.33. The Balaban J connectivity index is 1.68. The number of hydrogen-bond acceptors (Lipinski definition) is 6. The molecule has 2 saturated heterocycles. The third kappa shape index (κ3) is 4.04. The highest BCUT2D eigenvalue weighted by Gasteiger charge is 2.62. The number of rotatable bonds is 5. The molecule has 0 spiro atoms. The summed E-state index contributed by atoms with van der Waals surface area (Å²) in [5.74, 6) is -0.433. The van der Waals surface area contributed by atoms with Gasteiger partial charge in [0.15, 0.2) is 0 Å². The summed E-state index contributed by atoms with van der Waals surface area (Å²) >= 11 is 1.42. The van der Waals surface area contributed by atoms with E-state index in [0.29, 0.717) is 11.5 Å². The second-order valence-corrected chi connectivity index (χ2v) is 8.71. The molecule has 25 heavy (non-hydrogen) atoms. The van der Waals surface area contributed by atoms with E-state index in [1.807, 2.05) is 0 Å². The number of allylic oxidation sites excluding steroid dienone is 2. The molecule has 140 valence electrons. The number of carboxylic acids is 1. The summed E-state index contributed by atoms with van der Waals surface area (Å²) in [7, 11) is 0. The minimum absolute atomic E-state index is 0.00969. The van der Waals surface area contributed by atoms with Gasteiger partial charge in [0.05, 0.1) is 11.5 Å². The predicted octanol–water partition coefficient (Wildman–Crippen LogP) is 1.97. The molecular weight excluding hydrogens is 342 g/mol. The average Bonchev–Trinajstić information content (AvgIpc) is 3.11. The van der Waals surface area contributed by atoms with Crippen molar-refractivity contribution in [3.05, 3.63) is 11.6 Å². The Morgan fingerprint density at radius 1 is 1.56 bits per heavy atom. The van der Waals surface area contributed by atoms with Crippen LogP contribution in [0.15, 0.2) is 11.6 Å². The second kappa shape index (κ2) is 7.29. The number of ether oxygens (including phenoxy) is 2. The summed E-state index contributed by atoms with van der Waals surface area (Å²) in [5, 5.41) is 8.88. The molecule has 6 nitrogen and oxygen atoms in total. The van der Waals surface area contributed by atoms with Crippen molar-refractivity contribution in [1.29, 1.82) is 0 Å². The fraction of sp³-hybridized carbons (Fsp3) is 0.778. The van der Waals surface area contributed by atoms with Crippen molar-refractivity contribution in [2.24, 2.45) is 17.6 Å². The van der Waals surface area contributed by atoms with Crippen LogP contribution in [-0.4, -0.2) is 52.4 Å². The van der Waals surface area contributed by atoms with Crippen molar-refractivity contribution in [1.82, 2.24) is 0 Å². The van der Waals surface area contributed by atoms with E-state index in [0.717, 1.165) is 25.7 Å². The molecule has 7 heteroatoms. The molecule has 6 atom stereocenters. The molecular formula is C18H27NO5S. The van der Waals surface area contributed by atoms with E-state index >= 15 is 0 Å². The predicted molar refractivity (Wildman–Crippen MR) is 95.3 cm³/mol. The van der Waals surface area contributed by atoms with Crippen molar-refractivity contribution in [3.63, 3.8) is 0 Å². The van der Waals surface area contributed by atoms with Crippen LogP contribution in [0, 0.1) is 11.8 Å². The molecule has 0 bridgehead atoms. The van der Waals surface area contributed by atoms with Crippen molar-refractivity contribution in [3.8, 4) is 0 Å². The van der Waals surface area contributed by atoms with Gasteiger partial charge in [0.2, 0.25) is 0 Å². The zero-order valence-corrected chi connectivity index (χ0v) is 15.6. The zero-order chi connectivity index (χ0) is 18.2. The summed E-state index contributed by atoms with van der Waals surface area (Å²) in [6.45, 7) is 4.23. The molecule has 0 radical (unpaired) electrons. The number of fused-ring (bicyclic) bond motifs is 3. The molecule has 0 saturated carbocycles. The number of epoxide rings is 1. The molecule has 0 aromatic rings. The van der Waals surface area contributed by atoms with Gasteiger partial charge in [-0.2, -0.15) is 11.8 Å². The molecule has 3 rings (SSSR count). The first kappa shape index (κ1) is 18.7. The highest BCUT2D eigenvalue weighted by molar-refractivity contribution is 7.99. The third-order valence-corrected chi connectivity index (χ3v) is 6.84. The maximum absolute atomic E-state index is 12.4. The fourth-order valence-corrected chi connectivity index (χ4v) is 5.09. The minimum Gasteiger partial charge on any atom is -0.480 e. The van der Waals surface area contributed by atoms with Crippen LogP contribution in [0.3, 0.4) is 0 Å². The Morgan fingerprint density at radius 3 is 3.04 bits per heavy atom. The topological polar surface area (TPSA) is 102 Å². The summed E-state index contributed by atoms with van der Waals surface area (Å²) in [5.41, 5.74) is 6.71. The molecule has 0 aromatic carbocycles. The maximum Gasteiger partial charge on any atom is 0.321 e. The number of thioether (sulfide) groups is 1. The van der Waals surface area contributed by atoms with E-state index in [4.69, 9.17) is 20.3 Å². The number of esters is 1. The fourth-order valence-electron chi connectivity index (χ4n) is 3.92.